The highest BCUT2D eigenvalue weighted by Crippen LogP contribution is 2.01. The monoisotopic (exact) mass is 161 g/mol. The molecule has 0 aromatic heterocycles. The molecule has 0 aromatic rings. The van der Waals surface area contributed by atoms with Crippen LogP contribution in [0.2, 0.25) is 0 Å². The van der Waals surface area contributed by atoms with Crippen LogP contribution in [0.4, 0.5) is 0 Å². The number of rotatable bonds is 5. The zero-order valence-corrected chi connectivity index (χ0v) is 7.87. The fraction of sp³-hybridized carbons (Fsp3) is 1.00. The quantitative estimate of drug-likeness (QED) is 0.631. The first-order chi connectivity index (χ1) is 5.13. The van der Waals surface area contributed by atoms with Crippen LogP contribution >= 0.6 is 0 Å². The van der Waals surface area contributed by atoms with E-state index in [0.717, 1.165) is 0 Å². The van der Waals surface area contributed by atoms with Gasteiger partial charge in [0.15, 0.2) is 0 Å². The van der Waals surface area contributed by atoms with Gasteiger partial charge in [-0.15, -0.1) is 0 Å². The molecule has 0 radical (unpaired) electrons. The molecule has 2 atom stereocenters. The largest absolute Gasteiger partial charge is 0.395 e. The van der Waals surface area contributed by atoms with Gasteiger partial charge in [-0.1, -0.05) is 0 Å². The second-order valence-corrected chi connectivity index (χ2v) is 3.00. The van der Waals surface area contributed by atoms with Crippen molar-refractivity contribution in [1.82, 2.24) is 4.90 Å². The third-order valence-corrected chi connectivity index (χ3v) is 2.06. The predicted molar refractivity (Wildman–Crippen MR) is 45.6 cm³/mol. The molecule has 0 bridgehead atoms. The van der Waals surface area contributed by atoms with Crippen LogP contribution in [0.15, 0.2) is 0 Å². The molecular formula is C8H19NO2. The summed E-state index contributed by atoms with van der Waals surface area (Å²) in [6, 6.07) is 0.572. The van der Waals surface area contributed by atoms with Crippen molar-refractivity contribution in [3.05, 3.63) is 0 Å². The maximum absolute atomic E-state index is 8.84. The van der Waals surface area contributed by atoms with E-state index in [1.807, 2.05) is 14.0 Å². The van der Waals surface area contributed by atoms with Gasteiger partial charge in [0.05, 0.1) is 13.2 Å². The number of aliphatic hydroxyl groups is 1. The van der Waals surface area contributed by atoms with Gasteiger partial charge >= 0.3 is 0 Å². The Bertz CT molecular complexity index is 98.1. The van der Waals surface area contributed by atoms with E-state index in [9.17, 15) is 0 Å². The Morgan fingerprint density at radius 2 is 1.91 bits per heavy atom. The van der Waals surface area contributed by atoms with E-state index in [0.29, 0.717) is 12.6 Å². The molecule has 0 aliphatic carbocycles. The van der Waals surface area contributed by atoms with Gasteiger partial charge < -0.3 is 9.84 Å². The zero-order valence-electron chi connectivity index (χ0n) is 7.87. The van der Waals surface area contributed by atoms with Crippen LogP contribution in [0, 0.1) is 0 Å². The van der Waals surface area contributed by atoms with Crippen molar-refractivity contribution < 1.29 is 9.84 Å². The first-order valence-corrected chi connectivity index (χ1v) is 3.95. The molecule has 0 heterocycles. The molecule has 0 aromatic carbocycles. The highest BCUT2D eigenvalue weighted by Gasteiger charge is 2.13. The summed E-state index contributed by atoms with van der Waals surface area (Å²) in [6.45, 7) is 4.98. The van der Waals surface area contributed by atoms with Gasteiger partial charge in [-0.05, 0) is 20.9 Å². The number of methoxy groups -OCH3 is 1. The summed E-state index contributed by atoms with van der Waals surface area (Å²) in [5.74, 6) is 0. The summed E-state index contributed by atoms with van der Waals surface area (Å²) in [7, 11) is 3.68. The summed E-state index contributed by atoms with van der Waals surface area (Å²) < 4.78 is 5.00. The van der Waals surface area contributed by atoms with Gasteiger partial charge in [0.2, 0.25) is 0 Å². The molecule has 0 spiro atoms. The lowest BCUT2D eigenvalue weighted by molar-refractivity contribution is 0.0711. The van der Waals surface area contributed by atoms with Crippen molar-refractivity contribution in [3.63, 3.8) is 0 Å². The molecule has 11 heavy (non-hydrogen) atoms. The lowest BCUT2D eigenvalue weighted by Gasteiger charge is -2.28. The Morgan fingerprint density at radius 1 is 1.36 bits per heavy atom. The van der Waals surface area contributed by atoms with E-state index in [4.69, 9.17) is 9.84 Å². The van der Waals surface area contributed by atoms with E-state index in [1.54, 1.807) is 7.11 Å². The Labute approximate surface area is 69.0 Å². The molecule has 0 saturated heterocycles. The highest BCUT2D eigenvalue weighted by atomic mass is 16.5. The third kappa shape index (κ3) is 3.70. The highest BCUT2D eigenvalue weighted by molar-refractivity contribution is 4.68. The van der Waals surface area contributed by atoms with Crippen molar-refractivity contribution >= 4 is 0 Å². The van der Waals surface area contributed by atoms with Crippen LogP contribution in [0.3, 0.4) is 0 Å². The molecule has 3 nitrogen and oxygen atoms in total. The van der Waals surface area contributed by atoms with Crippen LogP contribution in [-0.2, 0) is 4.74 Å². The molecule has 0 fully saturated rings. The van der Waals surface area contributed by atoms with E-state index in [-0.39, 0.29) is 12.6 Å². The van der Waals surface area contributed by atoms with E-state index in [1.165, 1.54) is 0 Å². The number of nitrogens with zero attached hydrogens (tertiary/aromatic N) is 1. The second kappa shape index (κ2) is 5.52. The number of likely N-dealkylation sites (N-methyl/N-ethyl adjacent to an activating group) is 1. The van der Waals surface area contributed by atoms with Gasteiger partial charge in [-0.25, -0.2) is 0 Å². The second-order valence-electron chi connectivity index (χ2n) is 3.00. The SMILES string of the molecule is COCC(C)N(C)C(C)CO. The Balaban J connectivity index is 3.70. The lowest BCUT2D eigenvalue weighted by atomic mass is 10.2. The number of aliphatic hydroxyl groups excluding tert-OH is 1. The van der Waals surface area contributed by atoms with Gasteiger partial charge in [-0.3, -0.25) is 4.90 Å². The molecule has 68 valence electrons. The standard InChI is InChI=1S/C8H19NO2/c1-7(5-10)9(3)8(2)6-11-4/h7-8,10H,5-6H2,1-4H3. The first kappa shape index (κ1) is 10.9. The van der Waals surface area contributed by atoms with Gasteiger partial charge in [0, 0.05) is 19.2 Å². The van der Waals surface area contributed by atoms with Gasteiger partial charge in [-0.2, -0.15) is 0 Å². The molecule has 2 unspecified atom stereocenters. The molecule has 0 rings (SSSR count). The average Bonchev–Trinajstić information content (AvgIpc) is 2.02. The molecule has 1 N–H and O–H groups in total. The van der Waals surface area contributed by atoms with Gasteiger partial charge in [0.25, 0.3) is 0 Å². The normalized spacial score (nSPS) is 16.9. The first-order valence-electron chi connectivity index (χ1n) is 3.95. The number of hydrogen-bond acceptors (Lipinski definition) is 3. The molecule has 0 amide bonds. The number of hydrogen-bond donors (Lipinski definition) is 1. The summed E-state index contributed by atoms with van der Waals surface area (Å²) in [5.41, 5.74) is 0. The minimum Gasteiger partial charge on any atom is -0.395 e. The van der Waals surface area contributed by atoms with E-state index in [2.05, 4.69) is 11.8 Å². The summed E-state index contributed by atoms with van der Waals surface area (Å²) >= 11 is 0. The van der Waals surface area contributed by atoms with Crippen molar-refractivity contribution in [2.75, 3.05) is 27.4 Å². The molecule has 0 aliphatic heterocycles. The Morgan fingerprint density at radius 3 is 2.27 bits per heavy atom. The van der Waals surface area contributed by atoms with Crippen molar-refractivity contribution in [2.45, 2.75) is 25.9 Å². The predicted octanol–water partition coefficient (Wildman–Crippen LogP) is 0.334. The summed E-state index contributed by atoms with van der Waals surface area (Å²) in [6.07, 6.45) is 0. The van der Waals surface area contributed by atoms with Crippen molar-refractivity contribution in [2.24, 2.45) is 0 Å². The Hall–Kier alpha value is -0.120. The minimum atomic E-state index is 0.199. The van der Waals surface area contributed by atoms with Crippen LogP contribution in [0.25, 0.3) is 0 Å². The molecular weight excluding hydrogens is 142 g/mol. The Kier molecular flexibility index (Phi) is 5.46. The fourth-order valence-corrected chi connectivity index (χ4v) is 0.922. The maximum atomic E-state index is 8.84. The molecule has 3 heteroatoms. The van der Waals surface area contributed by atoms with E-state index >= 15 is 0 Å². The van der Waals surface area contributed by atoms with Crippen LogP contribution in [0.1, 0.15) is 13.8 Å². The third-order valence-electron chi connectivity index (χ3n) is 2.06. The van der Waals surface area contributed by atoms with Crippen molar-refractivity contribution in [3.8, 4) is 0 Å². The van der Waals surface area contributed by atoms with Crippen molar-refractivity contribution in [1.29, 1.82) is 0 Å². The summed E-state index contributed by atoms with van der Waals surface area (Å²) in [4.78, 5) is 2.10. The van der Waals surface area contributed by atoms with Crippen LogP contribution in [-0.4, -0.2) is 49.5 Å². The average molecular weight is 161 g/mol. The molecule has 0 saturated carbocycles. The molecule has 0 aliphatic rings. The van der Waals surface area contributed by atoms with E-state index < -0.39 is 0 Å². The smallest absolute Gasteiger partial charge is 0.0615 e. The maximum Gasteiger partial charge on any atom is 0.0615 e. The summed E-state index contributed by atoms with van der Waals surface area (Å²) in [5, 5.41) is 8.84. The lowest BCUT2D eigenvalue weighted by Crippen LogP contribution is -2.41. The zero-order chi connectivity index (χ0) is 8.85. The minimum absolute atomic E-state index is 0.199. The fourth-order valence-electron chi connectivity index (χ4n) is 0.922. The van der Waals surface area contributed by atoms with Crippen LogP contribution in [0.5, 0.6) is 0 Å². The number of ether oxygens (including phenoxy) is 1. The topological polar surface area (TPSA) is 32.7 Å². The van der Waals surface area contributed by atoms with Gasteiger partial charge in [0.1, 0.15) is 0 Å². The van der Waals surface area contributed by atoms with Crippen LogP contribution < -0.4 is 0 Å².